The number of aromatic nitrogens is 2. The Morgan fingerprint density at radius 3 is 3.03 bits per heavy atom. The van der Waals surface area contributed by atoms with Crippen LogP contribution in [0.5, 0.6) is 5.88 Å². The van der Waals surface area contributed by atoms with Crippen molar-refractivity contribution in [3.63, 3.8) is 0 Å². The van der Waals surface area contributed by atoms with E-state index in [1.807, 2.05) is 43.0 Å². The number of benzene rings is 1. The molecule has 2 aliphatic rings. The van der Waals surface area contributed by atoms with Crippen LogP contribution < -0.4 is 20.3 Å². The molecule has 1 aromatic heterocycles. The fourth-order valence-electron chi connectivity index (χ4n) is 3.83. The van der Waals surface area contributed by atoms with Crippen molar-refractivity contribution < 1.29 is 14.3 Å². The standard InChI is InChI=1S/C21H25N5O3/c1-3-6-16(27)15-9-5-10-26(15)21-24-18(23-14-8-4-7-13(2)11-14)17-19(28)22-12-29-20(17)25-21/h4,7-8,11,15H,3,5-6,9-10,12H2,1-2H3,(H,22,28)(H,23,24,25). The fourth-order valence-corrected chi connectivity index (χ4v) is 3.83. The van der Waals surface area contributed by atoms with E-state index in [2.05, 4.69) is 20.6 Å². The second-order valence-electron chi connectivity index (χ2n) is 7.41. The van der Waals surface area contributed by atoms with Crippen LogP contribution in [-0.4, -0.2) is 41.0 Å². The molecule has 0 spiro atoms. The van der Waals surface area contributed by atoms with Gasteiger partial charge in [-0.05, 0) is 43.9 Å². The molecule has 2 aliphatic heterocycles. The minimum absolute atomic E-state index is 0.0599. The highest BCUT2D eigenvalue weighted by Crippen LogP contribution is 2.33. The molecule has 3 heterocycles. The number of rotatable bonds is 6. The summed E-state index contributed by atoms with van der Waals surface area (Å²) in [6.07, 6.45) is 3.06. The van der Waals surface area contributed by atoms with Gasteiger partial charge in [-0.1, -0.05) is 19.1 Å². The number of carbonyl (C=O) groups excluding carboxylic acids is 2. The molecule has 1 amide bonds. The summed E-state index contributed by atoms with van der Waals surface area (Å²) in [6, 6.07) is 7.58. The molecule has 152 valence electrons. The first-order valence-electron chi connectivity index (χ1n) is 10.0. The largest absolute Gasteiger partial charge is 0.456 e. The van der Waals surface area contributed by atoms with E-state index in [4.69, 9.17) is 4.74 Å². The van der Waals surface area contributed by atoms with Gasteiger partial charge in [0.15, 0.2) is 18.3 Å². The van der Waals surface area contributed by atoms with E-state index in [0.29, 0.717) is 24.7 Å². The molecule has 0 radical (unpaired) electrons. The van der Waals surface area contributed by atoms with Gasteiger partial charge in [0.2, 0.25) is 11.8 Å². The van der Waals surface area contributed by atoms with Gasteiger partial charge in [-0.15, -0.1) is 0 Å². The van der Waals surface area contributed by atoms with Crippen LogP contribution in [0.2, 0.25) is 0 Å². The van der Waals surface area contributed by atoms with Crippen molar-refractivity contribution in [3.05, 3.63) is 35.4 Å². The third-order valence-electron chi connectivity index (χ3n) is 5.19. The highest BCUT2D eigenvalue weighted by Gasteiger charge is 2.34. The molecule has 1 fully saturated rings. The molecule has 2 N–H and O–H groups in total. The van der Waals surface area contributed by atoms with Crippen molar-refractivity contribution in [2.24, 2.45) is 0 Å². The van der Waals surface area contributed by atoms with E-state index < -0.39 is 0 Å². The molecule has 0 bridgehead atoms. The molecule has 2 aromatic rings. The normalized spacial score (nSPS) is 18.1. The first-order valence-corrected chi connectivity index (χ1v) is 10.0. The number of hydrogen-bond donors (Lipinski definition) is 2. The third kappa shape index (κ3) is 3.87. The lowest BCUT2D eigenvalue weighted by Crippen LogP contribution is -2.39. The molecule has 1 aromatic carbocycles. The predicted molar refractivity (Wildman–Crippen MR) is 110 cm³/mol. The average Bonchev–Trinajstić information content (AvgIpc) is 3.18. The fraction of sp³-hybridized carbons (Fsp3) is 0.429. The summed E-state index contributed by atoms with van der Waals surface area (Å²) in [5, 5.41) is 5.89. The van der Waals surface area contributed by atoms with Crippen LogP contribution in [-0.2, 0) is 4.79 Å². The lowest BCUT2D eigenvalue weighted by atomic mass is 10.1. The maximum absolute atomic E-state index is 12.6. The molecule has 0 saturated carbocycles. The van der Waals surface area contributed by atoms with Crippen LogP contribution in [0.4, 0.5) is 17.5 Å². The first kappa shape index (κ1) is 19.2. The van der Waals surface area contributed by atoms with E-state index in [9.17, 15) is 9.59 Å². The summed E-state index contributed by atoms with van der Waals surface area (Å²) >= 11 is 0. The number of amides is 1. The van der Waals surface area contributed by atoms with Gasteiger partial charge in [-0.3, -0.25) is 9.59 Å². The number of ether oxygens (including phenoxy) is 1. The summed E-state index contributed by atoms with van der Waals surface area (Å²) in [6.45, 7) is 4.76. The van der Waals surface area contributed by atoms with Crippen LogP contribution in [0.3, 0.4) is 0 Å². The van der Waals surface area contributed by atoms with Crippen molar-refractivity contribution in [1.82, 2.24) is 15.3 Å². The molecule has 8 heteroatoms. The third-order valence-corrected chi connectivity index (χ3v) is 5.19. The molecular formula is C21H25N5O3. The van der Waals surface area contributed by atoms with E-state index >= 15 is 0 Å². The Morgan fingerprint density at radius 2 is 2.24 bits per heavy atom. The lowest BCUT2D eigenvalue weighted by Gasteiger charge is -2.26. The molecule has 8 nitrogen and oxygen atoms in total. The van der Waals surface area contributed by atoms with Gasteiger partial charge in [0.1, 0.15) is 5.56 Å². The molecule has 1 saturated heterocycles. The van der Waals surface area contributed by atoms with Gasteiger partial charge in [0, 0.05) is 18.7 Å². The number of ketones is 1. The summed E-state index contributed by atoms with van der Waals surface area (Å²) < 4.78 is 5.60. The molecule has 0 aliphatic carbocycles. The van der Waals surface area contributed by atoms with Crippen LogP contribution in [0.15, 0.2) is 24.3 Å². The van der Waals surface area contributed by atoms with E-state index in [-0.39, 0.29) is 35.9 Å². The quantitative estimate of drug-likeness (QED) is 0.776. The van der Waals surface area contributed by atoms with Gasteiger partial charge in [-0.2, -0.15) is 9.97 Å². The van der Waals surface area contributed by atoms with Crippen molar-refractivity contribution in [1.29, 1.82) is 0 Å². The summed E-state index contributed by atoms with van der Waals surface area (Å²) in [5.74, 6) is 0.954. The molecular weight excluding hydrogens is 370 g/mol. The smallest absolute Gasteiger partial charge is 0.263 e. The molecule has 1 unspecified atom stereocenters. The molecule has 29 heavy (non-hydrogen) atoms. The minimum atomic E-state index is -0.284. The molecule has 1 atom stereocenters. The first-order chi connectivity index (χ1) is 14.1. The van der Waals surface area contributed by atoms with E-state index in [0.717, 1.165) is 30.5 Å². The topological polar surface area (TPSA) is 96.5 Å². The average molecular weight is 395 g/mol. The lowest BCUT2D eigenvalue weighted by molar-refractivity contribution is -0.120. The monoisotopic (exact) mass is 395 g/mol. The number of hydrogen-bond acceptors (Lipinski definition) is 7. The van der Waals surface area contributed by atoms with Gasteiger partial charge in [0.25, 0.3) is 5.91 Å². The SMILES string of the molecule is CCCC(=O)C1CCCN1c1nc(Nc2cccc(C)c2)c2c(n1)OCNC2=O. The Labute approximate surface area is 169 Å². The Hall–Kier alpha value is -3.16. The van der Waals surface area contributed by atoms with Gasteiger partial charge < -0.3 is 20.3 Å². The maximum atomic E-state index is 12.6. The summed E-state index contributed by atoms with van der Waals surface area (Å²) in [7, 11) is 0. The summed E-state index contributed by atoms with van der Waals surface area (Å²) in [5.41, 5.74) is 2.18. The van der Waals surface area contributed by atoms with Crippen LogP contribution in [0.25, 0.3) is 0 Å². The maximum Gasteiger partial charge on any atom is 0.263 e. The van der Waals surface area contributed by atoms with Crippen molar-refractivity contribution in [3.8, 4) is 5.88 Å². The van der Waals surface area contributed by atoms with Gasteiger partial charge >= 0.3 is 0 Å². The number of aryl methyl sites for hydroxylation is 1. The minimum Gasteiger partial charge on any atom is -0.456 e. The highest BCUT2D eigenvalue weighted by molar-refractivity contribution is 6.02. The van der Waals surface area contributed by atoms with Crippen molar-refractivity contribution in [2.75, 3.05) is 23.5 Å². The zero-order chi connectivity index (χ0) is 20.4. The van der Waals surface area contributed by atoms with Crippen LogP contribution in [0.1, 0.15) is 48.5 Å². The van der Waals surface area contributed by atoms with Crippen LogP contribution in [0, 0.1) is 6.92 Å². The van der Waals surface area contributed by atoms with Gasteiger partial charge in [0.05, 0.1) is 6.04 Å². The Balaban J connectivity index is 1.74. The second kappa shape index (κ2) is 8.06. The second-order valence-corrected chi connectivity index (χ2v) is 7.41. The van der Waals surface area contributed by atoms with Crippen molar-refractivity contribution >= 4 is 29.1 Å². The number of nitrogens with zero attached hydrogens (tertiary/aromatic N) is 3. The zero-order valence-corrected chi connectivity index (χ0v) is 16.7. The Kier molecular flexibility index (Phi) is 5.33. The van der Waals surface area contributed by atoms with Crippen LogP contribution >= 0.6 is 0 Å². The zero-order valence-electron chi connectivity index (χ0n) is 16.7. The summed E-state index contributed by atoms with van der Waals surface area (Å²) in [4.78, 5) is 36.1. The van der Waals surface area contributed by atoms with Crippen molar-refractivity contribution in [2.45, 2.75) is 45.6 Å². The number of anilines is 3. The number of carbonyl (C=O) groups is 2. The Bertz CT molecular complexity index is 946. The van der Waals surface area contributed by atoms with E-state index in [1.165, 1.54) is 0 Å². The number of fused-ring (bicyclic) bond motifs is 1. The van der Waals surface area contributed by atoms with E-state index in [1.54, 1.807) is 0 Å². The Morgan fingerprint density at radius 1 is 1.38 bits per heavy atom. The number of nitrogens with one attached hydrogen (secondary N) is 2. The predicted octanol–water partition coefficient (Wildman–Crippen LogP) is 2.95. The van der Waals surface area contributed by atoms with Gasteiger partial charge in [-0.25, -0.2) is 0 Å². The highest BCUT2D eigenvalue weighted by atomic mass is 16.5. The number of Topliss-reactive ketones (excluding diaryl/α,β-unsaturated/α-hetero) is 1. The molecule has 4 rings (SSSR count).